The molecule has 1 aliphatic rings. The van der Waals surface area contributed by atoms with Gasteiger partial charge in [-0.25, -0.2) is 8.42 Å². The predicted octanol–water partition coefficient (Wildman–Crippen LogP) is 2.29. The quantitative estimate of drug-likeness (QED) is 0.845. The highest BCUT2D eigenvalue weighted by Gasteiger charge is 2.31. The number of likely N-dealkylation sites (N-methyl/N-ethyl adjacent to an activating group) is 2. The van der Waals surface area contributed by atoms with E-state index in [0.717, 1.165) is 19.4 Å². The van der Waals surface area contributed by atoms with Crippen molar-refractivity contribution in [2.75, 3.05) is 32.9 Å². The van der Waals surface area contributed by atoms with E-state index in [1.807, 2.05) is 7.05 Å². The highest BCUT2D eigenvalue weighted by molar-refractivity contribution is 7.89. The molecule has 1 atom stereocenters. The summed E-state index contributed by atoms with van der Waals surface area (Å²) in [6.07, 6.45) is 2.07. The summed E-state index contributed by atoms with van der Waals surface area (Å²) < 4.78 is 26.7. The Morgan fingerprint density at radius 3 is 2.62 bits per heavy atom. The first kappa shape index (κ1) is 16.8. The number of hydrogen-bond donors (Lipinski definition) is 1. The van der Waals surface area contributed by atoms with Gasteiger partial charge >= 0.3 is 0 Å². The largest absolute Gasteiger partial charge is 0.398 e. The number of nitrogens with zero attached hydrogens (tertiary/aromatic N) is 2. The summed E-state index contributed by atoms with van der Waals surface area (Å²) in [7, 11) is -0.188. The average Bonchev–Trinajstić information content (AvgIpc) is 2.73. The number of nitrogens with two attached hydrogens (primary N) is 1. The summed E-state index contributed by atoms with van der Waals surface area (Å²) in [5.74, 6) is 0. The van der Waals surface area contributed by atoms with E-state index in [-0.39, 0.29) is 21.6 Å². The number of anilines is 1. The summed E-state index contributed by atoms with van der Waals surface area (Å²) in [5, 5.41) is 0.362. The van der Waals surface area contributed by atoms with Crippen LogP contribution in [0.4, 0.5) is 5.69 Å². The van der Waals surface area contributed by atoms with Gasteiger partial charge < -0.3 is 10.6 Å². The number of hydrogen-bond acceptors (Lipinski definition) is 4. The molecule has 0 bridgehead atoms. The summed E-state index contributed by atoms with van der Waals surface area (Å²) in [6, 6.07) is 3.01. The van der Waals surface area contributed by atoms with Gasteiger partial charge in [-0.05, 0) is 38.6 Å². The van der Waals surface area contributed by atoms with Gasteiger partial charge in [0.2, 0.25) is 10.0 Å². The molecule has 0 radical (unpaired) electrons. The third-order valence-corrected chi connectivity index (χ3v) is 6.41. The van der Waals surface area contributed by atoms with E-state index in [0.29, 0.717) is 11.6 Å². The van der Waals surface area contributed by atoms with Crippen molar-refractivity contribution < 1.29 is 8.42 Å². The van der Waals surface area contributed by atoms with E-state index in [4.69, 9.17) is 28.9 Å². The fourth-order valence-corrected chi connectivity index (χ4v) is 4.76. The summed E-state index contributed by atoms with van der Waals surface area (Å²) in [5.41, 5.74) is 5.87. The normalized spacial score (nSPS) is 20.3. The molecule has 1 aliphatic heterocycles. The predicted molar refractivity (Wildman–Crippen MR) is 86.3 cm³/mol. The van der Waals surface area contributed by atoms with Gasteiger partial charge in [0, 0.05) is 24.7 Å². The van der Waals surface area contributed by atoms with Crippen LogP contribution in [0.2, 0.25) is 10.0 Å². The zero-order valence-corrected chi connectivity index (χ0v) is 14.3. The van der Waals surface area contributed by atoms with E-state index in [9.17, 15) is 8.42 Å². The Labute approximate surface area is 135 Å². The number of benzene rings is 1. The molecule has 1 saturated heterocycles. The van der Waals surface area contributed by atoms with Gasteiger partial charge in [0.1, 0.15) is 4.90 Å². The van der Waals surface area contributed by atoms with Crippen molar-refractivity contribution in [1.82, 2.24) is 9.21 Å². The van der Waals surface area contributed by atoms with Crippen LogP contribution in [0.5, 0.6) is 0 Å². The highest BCUT2D eigenvalue weighted by atomic mass is 35.5. The lowest BCUT2D eigenvalue weighted by atomic mass is 10.2. The SMILES string of the molecule is CN1CCCC1CN(C)S(=O)(=O)c1c(N)cc(Cl)cc1Cl. The second kappa shape index (κ2) is 6.30. The molecule has 0 spiro atoms. The first-order valence-electron chi connectivity index (χ1n) is 6.64. The van der Waals surface area contributed by atoms with Gasteiger partial charge in [-0.15, -0.1) is 0 Å². The molecule has 8 heteroatoms. The van der Waals surface area contributed by atoms with Crippen molar-refractivity contribution in [3.8, 4) is 0 Å². The maximum Gasteiger partial charge on any atom is 0.246 e. The first-order valence-corrected chi connectivity index (χ1v) is 8.84. The van der Waals surface area contributed by atoms with Crippen molar-refractivity contribution in [3.63, 3.8) is 0 Å². The van der Waals surface area contributed by atoms with Crippen LogP contribution >= 0.6 is 23.2 Å². The molecule has 2 rings (SSSR count). The lowest BCUT2D eigenvalue weighted by molar-refractivity contribution is 0.271. The van der Waals surface area contributed by atoms with Gasteiger partial charge in [-0.1, -0.05) is 23.2 Å². The molecule has 0 aromatic heterocycles. The third-order valence-electron chi connectivity index (χ3n) is 3.84. The minimum Gasteiger partial charge on any atom is -0.398 e. The maximum absolute atomic E-state index is 12.7. The van der Waals surface area contributed by atoms with Crippen molar-refractivity contribution in [1.29, 1.82) is 0 Å². The molecule has 1 aromatic carbocycles. The summed E-state index contributed by atoms with van der Waals surface area (Å²) in [4.78, 5) is 2.09. The molecule has 0 amide bonds. The van der Waals surface area contributed by atoms with Gasteiger partial charge in [0.15, 0.2) is 0 Å². The second-order valence-electron chi connectivity index (χ2n) is 5.37. The Morgan fingerprint density at radius 2 is 2.10 bits per heavy atom. The van der Waals surface area contributed by atoms with Crippen molar-refractivity contribution in [2.45, 2.75) is 23.8 Å². The molecule has 1 fully saturated rings. The van der Waals surface area contributed by atoms with Gasteiger partial charge in [0.25, 0.3) is 0 Å². The van der Waals surface area contributed by atoms with Gasteiger partial charge in [-0.3, -0.25) is 0 Å². The fraction of sp³-hybridized carbons (Fsp3) is 0.538. The maximum atomic E-state index is 12.7. The molecule has 118 valence electrons. The third kappa shape index (κ3) is 3.46. The minimum absolute atomic E-state index is 0.0478. The lowest BCUT2D eigenvalue weighted by Gasteiger charge is -2.26. The molecular formula is C13H19Cl2N3O2S. The Kier molecular flexibility index (Phi) is 5.05. The smallest absolute Gasteiger partial charge is 0.246 e. The number of halogens is 2. The standard InChI is InChI=1S/C13H19Cl2N3O2S/c1-17-5-3-4-10(17)8-18(2)21(19,20)13-11(15)6-9(14)7-12(13)16/h6-7,10H,3-5,8,16H2,1-2H3. The van der Waals surface area contributed by atoms with Crippen LogP contribution in [0.25, 0.3) is 0 Å². The van der Waals surface area contributed by atoms with Gasteiger partial charge in [-0.2, -0.15) is 4.31 Å². The average molecular weight is 352 g/mol. The Morgan fingerprint density at radius 1 is 1.43 bits per heavy atom. The van der Waals surface area contributed by atoms with E-state index in [1.165, 1.54) is 16.4 Å². The van der Waals surface area contributed by atoms with Crippen LogP contribution in [0.3, 0.4) is 0 Å². The van der Waals surface area contributed by atoms with E-state index >= 15 is 0 Å². The van der Waals surface area contributed by atoms with E-state index < -0.39 is 10.0 Å². The second-order valence-corrected chi connectivity index (χ2v) is 8.19. The molecular weight excluding hydrogens is 333 g/mol. The van der Waals surface area contributed by atoms with Crippen LogP contribution in [0.1, 0.15) is 12.8 Å². The molecule has 1 aromatic rings. The molecule has 21 heavy (non-hydrogen) atoms. The zero-order chi connectivity index (χ0) is 15.8. The van der Waals surface area contributed by atoms with Crippen LogP contribution in [0.15, 0.2) is 17.0 Å². The first-order chi connectivity index (χ1) is 9.73. The van der Waals surface area contributed by atoms with Crippen molar-refractivity contribution >= 4 is 38.9 Å². The van der Waals surface area contributed by atoms with Crippen LogP contribution in [-0.4, -0.2) is 50.8 Å². The van der Waals surface area contributed by atoms with Crippen LogP contribution in [-0.2, 0) is 10.0 Å². The molecule has 0 aliphatic carbocycles. The van der Waals surface area contributed by atoms with Gasteiger partial charge in [0.05, 0.1) is 10.7 Å². The molecule has 5 nitrogen and oxygen atoms in total. The Bertz CT molecular complexity index is 613. The van der Waals surface area contributed by atoms with Crippen LogP contribution < -0.4 is 5.73 Å². The van der Waals surface area contributed by atoms with Crippen molar-refractivity contribution in [2.24, 2.45) is 0 Å². The number of rotatable bonds is 4. The fourth-order valence-electron chi connectivity index (χ4n) is 2.61. The Balaban J connectivity index is 2.29. The highest BCUT2D eigenvalue weighted by Crippen LogP contribution is 2.33. The topological polar surface area (TPSA) is 66.6 Å². The molecule has 2 N–H and O–H groups in total. The molecule has 0 saturated carbocycles. The number of likely N-dealkylation sites (tertiary alicyclic amines) is 1. The van der Waals surface area contributed by atoms with E-state index in [2.05, 4.69) is 4.90 Å². The Hall–Kier alpha value is -0.530. The molecule has 1 heterocycles. The number of nitrogen functional groups attached to an aromatic ring is 1. The minimum atomic E-state index is -3.74. The zero-order valence-electron chi connectivity index (χ0n) is 12.0. The summed E-state index contributed by atoms with van der Waals surface area (Å²) >= 11 is 11.9. The van der Waals surface area contributed by atoms with Crippen LogP contribution in [0, 0.1) is 0 Å². The van der Waals surface area contributed by atoms with Crippen molar-refractivity contribution in [3.05, 3.63) is 22.2 Å². The monoisotopic (exact) mass is 351 g/mol. The lowest BCUT2D eigenvalue weighted by Crippen LogP contribution is -2.39. The number of sulfonamides is 1. The summed E-state index contributed by atoms with van der Waals surface area (Å²) in [6.45, 7) is 1.40. The molecule has 1 unspecified atom stereocenters. The van der Waals surface area contributed by atoms with E-state index in [1.54, 1.807) is 7.05 Å².